The summed E-state index contributed by atoms with van der Waals surface area (Å²) in [5.74, 6) is 2.21. The van der Waals surface area contributed by atoms with Gasteiger partial charge in [-0.3, -0.25) is 9.59 Å². The fourth-order valence-electron chi connectivity index (χ4n) is 5.05. The molecule has 0 unspecified atom stereocenters. The van der Waals surface area contributed by atoms with E-state index in [9.17, 15) is 9.59 Å². The molecule has 5 rings (SSSR count). The number of benzene rings is 1. The van der Waals surface area contributed by atoms with Crippen molar-refractivity contribution in [2.24, 2.45) is 11.7 Å². The summed E-state index contributed by atoms with van der Waals surface area (Å²) in [6, 6.07) is 13.6. The third kappa shape index (κ3) is 5.37. The van der Waals surface area contributed by atoms with E-state index in [2.05, 4.69) is 15.6 Å². The van der Waals surface area contributed by atoms with E-state index >= 15 is 0 Å². The van der Waals surface area contributed by atoms with Gasteiger partial charge >= 0.3 is 0 Å². The maximum Gasteiger partial charge on any atom is 0.251 e. The van der Waals surface area contributed by atoms with E-state index in [-0.39, 0.29) is 17.5 Å². The van der Waals surface area contributed by atoms with E-state index < -0.39 is 0 Å². The SMILES string of the molecule is COc1ccc2ccc(=O)n(C[C@H](N)[C@H]3CC[C@H](NCc4ccc5c(n4)NC(=O)CS5)CC3)c2c1. The van der Waals surface area contributed by atoms with Crippen LogP contribution in [0.1, 0.15) is 31.4 Å². The summed E-state index contributed by atoms with van der Waals surface area (Å²) >= 11 is 1.52. The molecule has 0 radical (unpaired) electrons. The number of pyridine rings is 2. The molecule has 0 bridgehead atoms. The molecular weight excluding hydrogens is 462 g/mol. The lowest BCUT2D eigenvalue weighted by molar-refractivity contribution is -0.113. The first kappa shape index (κ1) is 23.8. The second kappa shape index (κ2) is 10.4. The molecule has 3 heterocycles. The number of nitrogens with two attached hydrogens (primary N) is 1. The van der Waals surface area contributed by atoms with Crippen molar-refractivity contribution in [3.8, 4) is 5.75 Å². The summed E-state index contributed by atoms with van der Waals surface area (Å²) in [6.07, 6.45) is 4.11. The Hall–Kier alpha value is -2.88. The van der Waals surface area contributed by atoms with Crippen LogP contribution in [-0.4, -0.2) is 40.4 Å². The van der Waals surface area contributed by atoms with Crippen molar-refractivity contribution in [1.29, 1.82) is 0 Å². The molecule has 0 saturated heterocycles. The van der Waals surface area contributed by atoms with Gasteiger partial charge in [-0.2, -0.15) is 0 Å². The summed E-state index contributed by atoms with van der Waals surface area (Å²) in [5, 5.41) is 7.47. The molecule has 1 aromatic carbocycles. The Morgan fingerprint density at radius 2 is 1.97 bits per heavy atom. The highest BCUT2D eigenvalue weighted by Crippen LogP contribution is 2.30. The van der Waals surface area contributed by atoms with Crippen LogP contribution in [0.5, 0.6) is 5.75 Å². The van der Waals surface area contributed by atoms with Crippen LogP contribution in [-0.2, 0) is 17.9 Å². The minimum Gasteiger partial charge on any atom is -0.497 e. The number of nitrogens with one attached hydrogen (secondary N) is 2. The number of methoxy groups -OCH3 is 1. The Morgan fingerprint density at radius 1 is 1.17 bits per heavy atom. The molecule has 184 valence electrons. The van der Waals surface area contributed by atoms with Gasteiger partial charge in [-0.25, -0.2) is 4.98 Å². The van der Waals surface area contributed by atoms with Crippen LogP contribution in [0.2, 0.25) is 0 Å². The van der Waals surface area contributed by atoms with Crippen molar-refractivity contribution in [3.05, 3.63) is 58.5 Å². The Labute approximate surface area is 208 Å². The fraction of sp³-hybridized carbons (Fsp3) is 0.423. The molecule has 3 aromatic rings. The zero-order valence-electron chi connectivity index (χ0n) is 19.8. The van der Waals surface area contributed by atoms with E-state index in [1.165, 1.54) is 11.8 Å². The van der Waals surface area contributed by atoms with Crippen molar-refractivity contribution in [3.63, 3.8) is 0 Å². The molecule has 1 saturated carbocycles. The van der Waals surface area contributed by atoms with Gasteiger partial charge in [0.05, 0.1) is 29.0 Å². The lowest BCUT2D eigenvalue weighted by atomic mass is 9.81. The van der Waals surface area contributed by atoms with Crippen LogP contribution in [0.3, 0.4) is 0 Å². The van der Waals surface area contributed by atoms with Gasteiger partial charge in [0.1, 0.15) is 11.6 Å². The van der Waals surface area contributed by atoms with Crippen molar-refractivity contribution >= 4 is 34.4 Å². The highest BCUT2D eigenvalue weighted by molar-refractivity contribution is 8.00. The molecule has 1 amide bonds. The quantitative estimate of drug-likeness (QED) is 0.464. The third-order valence-corrected chi connectivity index (χ3v) is 8.12. The van der Waals surface area contributed by atoms with Gasteiger partial charge < -0.3 is 25.7 Å². The lowest BCUT2D eigenvalue weighted by Crippen LogP contribution is -2.42. The minimum atomic E-state index is -0.0890. The molecule has 0 spiro atoms. The van der Waals surface area contributed by atoms with Gasteiger partial charge in [-0.15, -0.1) is 11.8 Å². The number of thioether (sulfide) groups is 1. The van der Waals surface area contributed by atoms with E-state index in [0.29, 0.717) is 36.6 Å². The predicted molar refractivity (Wildman–Crippen MR) is 139 cm³/mol. The topological polar surface area (TPSA) is 111 Å². The maximum atomic E-state index is 12.7. The zero-order valence-corrected chi connectivity index (χ0v) is 20.6. The molecule has 1 aliphatic heterocycles. The highest BCUT2D eigenvalue weighted by Gasteiger charge is 2.26. The van der Waals surface area contributed by atoms with Gasteiger partial charge in [0.25, 0.3) is 5.56 Å². The van der Waals surface area contributed by atoms with Gasteiger partial charge in [-0.1, -0.05) is 0 Å². The number of hydrogen-bond acceptors (Lipinski definition) is 7. The summed E-state index contributed by atoms with van der Waals surface area (Å²) in [4.78, 5) is 29.9. The van der Waals surface area contributed by atoms with Gasteiger partial charge in [0.15, 0.2) is 0 Å². The Balaban J connectivity index is 1.17. The smallest absolute Gasteiger partial charge is 0.251 e. The Morgan fingerprint density at radius 3 is 2.77 bits per heavy atom. The third-order valence-electron chi connectivity index (χ3n) is 7.07. The molecule has 1 atom stereocenters. The Bertz CT molecular complexity index is 1290. The van der Waals surface area contributed by atoms with Crippen molar-refractivity contribution in [2.45, 2.75) is 55.8 Å². The van der Waals surface area contributed by atoms with Crippen molar-refractivity contribution in [2.75, 3.05) is 18.2 Å². The highest BCUT2D eigenvalue weighted by atomic mass is 32.2. The van der Waals surface area contributed by atoms with Crippen LogP contribution in [0.4, 0.5) is 5.82 Å². The maximum absolute atomic E-state index is 12.7. The van der Waals surface area contributed by atoms with Gasteiger partial charge in [0.2, 0.25) is 5.91 Å². The number of carbonyl (C=O) groups is 1. The van der Waals surface area contributed by atoms with Crippen LogP contribution in [0.25, 0.3) is 10.9 Å². The van der Waals surface area contributed by atoms with Crippen LogP contribution < -0.4 is 26.7 Å². The summed E-state index contributed by atoms with van der Waals surface area (Å²) in [6.45, 7) is 1.16. The first-order valence-electron chi connectivity index (χ1n) is 12.1. The van der Waals surface area contributed by atoms with Crippen LogP contribution in [0.15, 0.2) is 52.2 Å². The second-order valence-electron chi connectivity index (χ2n) is 9.35. The second-order valence-corrected chi connectivity index (χ2v) is 10.4. The summed E-state index contributed by atoms with van der Waals surface area (Å²) in [5.41, 5.74) is 8.38. The first-order chi connectivity index (χ1) is 17.0. The molecule has 9 heteroatoms. The van der Waals surface area contributed by atoms with Crippen molar-refractivity contribution < 1.29 is 9.53 Å². The first-order valence-corrected chi connectivity index (χ1v) is 13.1. The number of nitrogens with zero attached hydrogens (tertiary/aromatic N) is 2. The standard InChI is InChI=1S/C26H31N5O3S/c1-34-20-9-4-17-5-11-25(33)31(22(17)12-20)14-21(27)16-2-6-18(7-3-16)28-13-19-8-10-23-26(29-19)30-24(32)15-35-23/h4-5,8-12,16,18,21,28H,2-3,6-7,13-15,27H2,1H3,(H,29,30,32)/t16-,18-,21-/m0/s1. The Kier molecular flexibility index (Phi) is 7.08. The average molecular weight is 494 g/mol. The summed E-state index contributed by atoms with van der Waals surface area (Å²) < 4.78 is 7.14. The number of hydrogen-bond donors (Lipinski definition) is 3. The average Bonchev–Trinajstić information content (AvgIpc) is 2.88. The molecule has 2 aromatic heterocycles. The predicted octanol–water partition coefficient (Wildman–Crippen LogP) is 3.13. The van der Waals surface area contributed by atoms with Gasteiger partial charge in [-0.05, 0) is 67.3 Å². The van der Waals surface area contributed by atoms with Gasteiger partial charge in [0, 0.05) is 37.3 Å². The van der Waals surface area contributed by atoms with E-state index in [1.807, 2.05) is 36.4 Å². The van der Waals surface area contributed by atoms with E-state index in [4.69, 9.17) is 10.5 Å². The zero-order chi connectivity index (χ0) is 24.4. The number of aromatic nitrogens is 2. The van der Waals surface area contributed by atoms with Crippen molar-refractivity contribution in [1.82, 2.24) is 14.9 Å². The normalized spacial score (nSPS) is 20.8. The van der Waals surface area contributed by atoms with Crippen LogP contribution >= 0.6 is 11.8 Å². The number of carbonyl (C=O) groups excluding carboxylic acids is 1. The molecular formula is C26H31N5O3S. The number of rotatable bonds is 7. The molecule has 4 N–H and O–H groups in total. The number of fused-ring (bicyclic) bond motifs is 2. The molecule has 2 aliphatic rings. The number of ether oxygens (including phenoxy) is 1. The van der Waals surface area contributed by atoms with E-state index in [0.717, 1.165) is 52.9 Å². The monoisotopic (exact) mass is 493 g/mol. The largest absolute Gasteiger partial charge is 0.497 e. The number of amides is 1. The van der Waals surface area contributed by atoms with Crippen LogP contribution in [0, 0.1) is 5.92 Å². The summed E-state index contributed by atoms with van der Waals surface area (Å²) in [7, 11) is 1.63. The number of anilines is 1. The molecule has 35 heavy (non-hydrogen) atoms. The molecule has 1 fully saturated rings. The molecule has 1 aliphatic carbocycles. The molecule has 8 nitrogen and oxygen atoms in total. The lowest BCUT2D eigenvalue weighted by Gasteiger charge is -2.33. The van der Waals surface area contributed by atoms with E-state index in [1.54, 1.807) is 17.7 Å². The fourth-order valence-corrected chi connectivity index (χ4v) is 5.80. The minimum absolute atomic E-state index is 0.000305.